The summed E-state index contributed by atoms with van der Waals surface area (Å²) in [6.07, 6.45) is -0.343. The Hall–Kier alpha value is -2.65. The highest BCUT2D eigenvalue weighted by Crippen LogP contribution is 2.37. The van der Waals surface area contributed by atoms with Crippen LogP contribution in [0, 0.1) is 5.82 Å². The van der Waals surface area contributed by atoms with Gasteiger partial charge < -0.3 is 9.47 Å². The van der Waals surface area contributed by atoms with Gasteiger partial charge in [0.25, 0.3) is 0 Å². The third kappa shape index (κ3) is 2.91. The number of ether oxygens (including phenoxy) is 2. The highest BCUT2D eigenvalue weighted by atomic mass is 19.1. The fraction of sp³-hybridized carbons (Fsp3) is 0.143. The third-order valence-electron chi connectivity index (χ3n) is 4.24. The van der Waals surface area contributed by atoms with Crippen LogP contribution in [-0.2, 0) is 18.0 Å². The molecule has 0 aliphatic carbocycles. The van der Waals surface area contributed by atoms with Crippen LogP contribution in [0.1, 0.15) is 28.4 Å². The summed E-state index contributed by atoms with van der Waals surface area (Å²) in [6.45, 7) is 0.974. The first-order valence-electron chi connectivity index (χ1n) is 7.97. The van der Waals surface area contributed by atoms with E-state index in [2.05, 4.69) is 0 Å². The Kier molecular flexibility index (Phi) is 4.01. The van der Waals surface area contributed by atoms with Gasteiger partial charge in [-0.15, -0.1) is 0 Å². The Balaban J connectivity index is 1.49. The Morgan fingerprint density at radius 3 is 2.50 bits per heavy atom. The molecular formula is C21H17FO2. The fourth-order valence-electron chi connectivity index (χ4n) is 3.00. The molecule has 0 bridgehead atoms. The quantitative estimate of drug-likeness (QED) is 0.671. The molecule has 0 amide bonds. The largest absolute Gasteiger partial charge is 0.489 e. The van der Waals surface area contributed by atoms with Crippen molar-refractivity contribution in [3.63, 3.8) is 0 Å². The van der Waals surface area contributed by atoms with Crippen LogP contribution in [0.4, 0.5) is 4.39 Å². The van der Waals surface area contributed by atoms with Crippen LogP contribution in [0.15, 0.2) is 72.8 Å². The van der Waals surface area contributed by atoms with E-state index >= 15 is 0 Å². The van der Waals surface area contributed by atoms with Crippen molar-refractivity contribution in [1.82, 2.24) is 0 Å². The predicted molar refractivity (Wildman–Crippen MR) is 90.2 cm³/mol. The summed E-state index contributed by atoms with van der Waals surface area (Å²) >= 11 is 0. The number of benzene rings is 3. The van der Waals surface area contributed by atoms with Crippen LogP contribution in [0.25, 0.3) is 0 Å². The van der Waals surface area contributed by atoms with Gasteiger partial charge in [0.15, 0.2) is 0 Å². The van der Waals surface area contributed by atoms with Gasteiger partial charge in [-0.1, -0.05) is 54.6 Å². The molecule has 1 atom stereocenters. The summed E-state index contributed by atoms with van der Waals surface area (Å²) < 4.78 is 25.7. The lowest BCUT2D eigenvalue weighted by molar-refractivity contribution is 0.0924. The van der Waals surface area contributed by atoms with Gasteiger partial charge in [-0.25, -0.2) is 4.39 Å². The van der Waals surface area contributed by atoms with E-state index < -0.39 is 0 Å². The zero-order valence-electron chi connectivity index (χ0n) is 13.1. The summed E-state index contributed by atoms with van der Waals surface area (Å²) in [5.74, 6) is 0.578. The molecule has 24 heavy (non-hydrogen) atoms. The fourth-order valence-corrected chi connectivity index (χ4v) is 3.00. The van der Waals surface area contributed by atoms with Crippen LogP contribution < -0.4 is 4.74 Å². The highest BCUT2D eigenvalue weighted by molar-refractivity contribution is 5.41. The number of hydrogen-bond donors (Lipinski definition) is 0. The SMILES string of the molecule is Fc1cccc2c1C(c1ccc(OCc3ccccc3)cc1)OC2. The Morgan fingerprint density at radius 1 is 0.917 bits per heavy atom. The summed E-state index contributed by atoms with van der Waals surface area (Å²) in [7, 11) is 0. The van der Waals surface area contributed by atoms with Crippen LogP contribution in [-0.4, -0.2) is 0 Å². The lowest BCUT2D eigenvalue weighted by Gasteiger charge is -2.13. The van der Waals surface area contributed by atoms with Crippen LogP contribution in [0.2, 0.25) is 0 Å². The Bertz CT molecular complexity index is 828. The number of halogens is 1. The molecule has 1 unspecified atom stereocenters. The summed E-state index contributed by atoms with van der Waals surface area (Å²) in [6, 6.07) is 22.8. The monoisotopic (exact) mass is 320 g/mol. The van der Waals surface area contributed by atoms with Crippen LogP contribution >= 0.6 is 0 Å². The minimum atomic E-state index is -0.343. The second-order valence-electron chi connectivity index (χ2n) is 5.85. The first kappa shape index (κ1) is 14.9. The van der Waals surface area contributed by atoms with Crippen molar-refractivity contribution in [3.8, 4) is 5.75 Å². The molecule has 1 heterocycles. The normalized spacial score (nSPS) is 16.0. The van der Waals surface area contributed by atoms with Gasteiger partial charge in [-0.3, -0.25) is 0 Å². The smallest absolute Gasteiger partial charge is 0.129 e. The zero-order chi connectivity index (χ0) is 16.4. The van der Waals surface area contributed by atoms with Gasteiger partial charge in [0.1, 0.15) is 24.3 Å². The Labute approximate surface area is 140 Å². The van der Waals surface area contributed by atoms with Crippen LogP contribution in [0.3, 0.4) is 0 Å². The summed E-state index contributed by atoms with van der Waals surface area (Å²) in [5, 5.41) is 0. The van der Waals surface area contributed by atoms with E-state index in [1.807, 2.05) is 60.7 Å². The van der Waals surface area contributed by atoms with E-state index in [1.54, 1.807) is 6.07 Å². The third-order valence-corrected chi connectivity index (χ3v) is 4.24. The van der Waals surface area contributed by atoms with Crippen molar-refractivity contribution in [2.24, 2.45) is 0 Å². The molecule has 0 saturated carbocycles. The lowest BCUT2D eigenvalue weighted by atomic mass is 9.99. The first-order chi connectivity index (χ1) is 11.8. The first-order valence-corrected chi connectivity index (χ1v) is 7.97. The van der Waals surface area contributed by atoms with Gasteiger partial charge in [-0.05, 0) is 34.9 Å². The summed E-state index contributed by atoms with van der Waals surface area (Å²) in [5.41, 5.74) is 3.63. The molecule has 0 aromatic heterocycles. The lowest BCUT2D eigenvalue weighted by Crippen LogP contribution is -2.01. The van der Waals surface area contributed by atoms with Crippen LogP contribution in [0.5, 0.6) is 5.75 Å². The zero-order valence-corrected chi connectivity index (χ0v) is 13.1. The topological polar surface area (TPSA) is 18.5 Å². The predicted octanol–water partition coefficient (Wildman–Crippen LogP) is 5.02. The highest BCUT2D eigenvalue weighted by Gasteiger charge is 2.27. The van der Waals surface area contributed by atoms with E-state index in [4.69, 9.17) is 9.47 Å². The number of fused-ring (bicyclic) bond motifs is 1. The minimum Gasteiger partial charge on any atom is -0.489 e. The van der Waals surface area contributed by atoms with Gasteiger partial charge in [0.2, 0.25) is 0 Å². The molecule has 0 radical (unpaired) electrons. The molecule has 4 rings (SSSR count). The molecule has 0 N–H and O–H groups in total. The number of hydrogen-bond acceptors (Lipinski definition) is 2. The Morgan fingerprint density at radius 2 is 1.71 bits per heavy atom. The van der Waals surface area contributed by atoms with E-state index in [0.29, 0.717) is 18.8 Å². The van der Waals surface area contributed by atoms with Crippen molar-refractivity contribution < 1.29 is 13.9 Å². The second kappa shape index (κ2) is 6.46. The maximum absolute atomic E-state index is 14.1. The van der Waals surface area contributed by atoms with E-state index in [0.717, 1.165) is 22.4 Å². The molecule has 2 nitrogen and oxygen atoms in total. The average Bonchev–Trinajstić information content (AvgIpc) is 3.07. The molecule has 0 fully saturated rings. The molecule has 3 heteroatoms. The van der Waals surface area contributed by atoms with Crippen molar-refractivity contribution in [3.05, 3.63) is 101 Å². The van der Waals surface area contributed by atoms with Gasteiger partial charge in [-0.2, -0.15) is 0 Å². The minimum absolute atomic E-state index is 0.209. The second-order valence-corrected chi connectivity index (χ2v) is 5.85. The molecule has 0 saturated heterocycles. The molecule has 1 aliphatic rings. The van der Waals surface area contributed by atoms with Crippen molar-refractivity contribution in [2.45, 2.75) is 19.3 Å². The van der Waals surface area contributed by atoms with Gasteiger partial charge >= 0.3 is 0 Å². The maximum atomic E-state index is 14.1. The van der Waals surface area contributed by atoms with Crippen molar-refractivity contribution in [1.29, 1.82) is 0 Å². The summed E-state index contributed by atoms with van der Waals surface area (Å²) in [4.78, 5) is 0. The van der Waals surface area contributed by atoms with Gasteiger partial charge in [0, 0.05) is 5.56 Å². The molecule has 120 valence electrons. The average molecular weight is 320 g/mol. The van der Waals surface area contributed by atoms with Gasteiger partial charge in [0.05, 0.1) is 6.61 Å². The molecule has 3 aromatic carbocycles. The van der Waals surface area contributed by atoms with Crippen molar-refractivity contribution >= 4 is 0 Å². The standard InChI is InChI=1S/C21H17FO2/c22-19-8-4-7-17-14-24-21(20(17)19)16-9-11-18(12-10-16)23-13-15-5-2-1-3-6-15/h1-12,21H,13-14H2. The molecule has 3 aromatic rings. The maximum Gasteiger partial charge on any atom is 0.129 e. The number of rotatable bonds is 4. The molecule has 0 spiro atoms. The van der Waals surface area contributed by atoms with E-state index in [9.17, 15) is 4.39 Å². The van der Waals surface area contributed by atoms with Crippen molar-refractivity contribution in [2.75, 3.05) is 0 Å². The molecular weight excluding hydrogens is 303 g/mol. The van der Waals surface area contributed by atoms with E-state index in [-0.39, 0.29) is 11.9 Å². The van der Waals surface area contributed by atoms with E-state index in [1.165, 1.54) is 6.07 Å². The molecule has 1 aliphatic heterocycles.